The molecule has 20 heavy (non-hydrogen) atoms. The molecule has 1 fully saturated rings. The van der Waals surface area contributed by atoms with Crippen molar-refractivity contribution in [2.24, 2.45) is 0 Å². The molecule has 1 aliphatic rings. The summed E-state index contributed by atoms with van der Waals surface area (Å²) in [4.78, 5) is 24.7. The molecule has 1 amide bonds. The van der Waals surface area contributed by atoms with Crippen LogP contribution in [-0.4, -0.2) is 51.0 Å². The van der Waals surface area contributed by atoms with Gasteiger partial charge in [-0.1, -0.05) is 5.21 Å². The van der Waals surface area contributed by atoms with E-state index in [1.807, 2.05) is 20.8 Å². The van der Waals surface area contributed by atoms with Crippen molar-refractivity contribution >= 4 is 12.4 Å². The van der Waals surface area contributed by atoms with E-state index in [4.69, 9.17) is 4.74 Å². The maximum atomic E-state index is 12.1. The van der Waals surface area contributed by atoms with Gasteiger partial charge < -0.3 is 9.64 Å². The zero-order valence-corrected chi connectivity index (χ0v) is 12.1. The number of nitrogens with zero attached hydrogens (tertiary/aromatic N) is 4. The van der Waals surface area contributed by atoms with E-state index >= 15 is 0 Å². The van der Waals surface area contributed by atoms with Crippen LogP contribution in [0.2, 0.25) is 0 Å². The van der Waals surface area contributed by atoms with Gasteiger partial charge in [0.25, 0.3) is 0 Å². The fourth-order valence-electron chi connectivity index (χ4n) is 2.27. The summed E-state index contributed by atoms with van der Waals surface area (Å²) < 4.78 is 6.96. The van der Waals surface area contributed by atoms with E-state index in [9.17, 15) is 9.59 Å². The zero-order chi connectivity index (χ0) is 14.8. The van der Waals surface area contributed by atoms with Crippen LogP contribution in [0.3, 0.4) is 0 Å². The minimum absolute atomic E-state index is 0.0287. The molecule has 0 radical (unpaired) electrons. The number of piperidine rings is 1. The summed E-state index contributed by atoms with van der Waals surface area (Å²) in [5.41, 5.74) is -0.0772. The molecule has 0 aliphatic carbocycles. The van der Waals surface area contributed by atoms with Gasteiger partial charge in [0.15, 0.2) is 6.29 Å². The van der Waals surface area contributed by atoms with Crippen LogP contribution in [0.1, 0.15) is 50.1 Å². The lowest BCUT2D eigenvalue weighted by molar-refractivity contribution is 0.0166. The third kappa shape index (κ3) is 3.34. The second-order valence-corrected chi connectivity index (χ2v) is 5.94. The Morgan fingerprint density at radius 3 is 2.90 bits per heavy atom. The molecule has 1 unspecified atom stereocenters. The van der Waals surface area contributed by atoms with Crippen LogP contribution < -0.4 is 0 Å². The molecule has 0 spiro atoms. The van der Waals surface area contributed by atoms with Crippen LogP contribution in [0.15, 0.2) is 6.20 Å². The van der Waals surface area contributed by atoms with Crippen molar-refractivity contribution in [3.05, 3.63) is 11.9 Å². The van der Waals surface area contributed by atoms with Gasteiger partial charge >= 0.3 is 6.09 Å². The fourth-order valence-corrected chi connectivity index (χ4v) is 2.27. The average molecular weight is 280 g/mol. The van der Waals surface area contributed by atoms with Crippen LogP contribution >= 0.6 is 0 Å². The summed E-state index contributed by atoms with van der Waals surface area (Å²) >= 11 is 0. The van der Waals surface area contributed by atoms with E-state index in [-0.39, 0.29) is 12.1 Å². The lowest BCUT2D eigenvalue weighted by Crippen LogP contribution is -2.43. The highest BCUT2D eigenvalue weighted by Crippen LogP contribution is 2.23. The van der Waals surface area contributed by atoms with Gasteiger partial charge in [-0.05, 0) is 33.6 Å². The van der Waals surface area contributed by atoms with Gasteiger partial charge in [-0.25, -0.2) is 9.48 Å². The van der Waals surface area contributed by atoms with E-state index in [0.29, 0.717) is 18.8 Å². The minimum atomic E-state index is -0.509. The first kappa shape index (κ1) is 14.5. The van der Waals surface area contributed by atoms with Crippen molar-refractivity contribution in [3.8, 4) is 0 Å². The highest BCUT2D eigenvalue weighted by Gasteiger charge is 2.29. The number of ether oxygens (including phenoxy) is 1. The molecular weight excluding hydrogens is 260 g/mol. The molecule has 1 saturated heterocycles. The largest absolute Gasteiger partial charge is 0.444 e. The predicted molar refractivity (Wildman–Crippen MR) is 71.5 cm³/mol. The van der Waals surface area contributed by atoms with Crippen molar-refractivity contribution in [3.63, 3.8) is 0 Å². The predicted octanol–water partition coefficient (Wildman–Crippen LogP) is 1.66. The number of likely N-dealkylation sites (tertiary alicyclic amines) is 1. The second kappa shape index (κ2) is 5.60. The maximum Gasteiger partial charge on any atom is 0.410 e. The van der Waals surface area contributed by atoms with Crippen molar-refractivity contribution in [2.75, 3.05) is 13.1 Å². The maximum absolute atomic E-state index is 12.1. The lowest BCUT2D eigenvalue weighted by atomic mass is 10.1. The third-order valence-corrected chi connectivity index (χ3v) is 3.12. The van der Waals surface area contributed by atoms with Crippen molar-refractivity contribution < 1.29 is 14.3 Å². The Bertz CT molecular complexity index is 492. The molecule has 1 aromatic heterocycles. The molecule has 1 atom stereocenters. The van der Waals surface area contributed by atoms with Crippen LogP contribution in [-0.2, 0) is 4.74 Å². The van der Waals surface area contributed by atoms with Gasteiger partial charge in [0.05, 0.1) is 12.2 Å². The number of amides is 1. The third-order valence-electron chi connectivity index (χ3n) is 3.12. The Balaban J connectivity index is 2.05. The molecule has 7 nitrogen and oxygen atoms in total. The molecular formula is C13H20N4O3. The smallest absolute Gasteiger partial charge is 0.410 e. The first-order valence-electron chi connectivity index (χ1n) is 6.74. The molecule has 0 saturated carbocycles. The van der Waals surface area contributed by atoms with Gasteiger partial charge in [0.1, 0.15) is 11.3 Å². The topological polar surface area (TPSA) is 77.3 Å². The standard InChI is InChI=1S/C13H20N4O3/c1-13(2,3)20-12(19)16-6-4-5-10(8-16)17-11(9-18)7-14-15-17/h7,9-10H,4-6,8H2,1-3H3. The number of aldehydes is 1. The molecule has 1 aromatic rings. The van der Waals surface area contributed by atoms with Crippen LogP contribution in [0, 0.1) is 0 Å². The highest BCUT2D eigenvalue weighted by atomic mass is 16.6. The highest BCUT2D eigenvalue weighted by molar-refractivity contribution is 5.71. The molecule has 0 aromatic carbocycles. The molecule has 1 aliphatic heterocycles. The van der Waals surface area contributed by atoms with Crippen molar-refractivity contribution in [1.29, 1.82) is 0 Å². The molecule has 2 rings (SSSR count). The Morgan fingerprint density at radius 2 is 2.25 bits per heavy atom. The average Bonchev–Trinajstić information content (AvgIpc) is 2.85. The van der Waals surface area contributed by atoms with E-state index in [0.717, 1.165) is 19.1 Å². The summed E-state index contributed by atoms with van der Waals surface area (Å²) in [5, 5.41) is 7.68. The normalized spacial score (nSPS) is 19.8. The number of hydrogen-bond acceptors (Lipinski definition) is 5. The minimum Gasteiger partial charge on any atom is -0.444 e. The number of carbonyl (C=O) groups excluding carboxylic acids is 2. The molecule has 0 N–H and O–H groups in total. The van der Waals surface area contributed by atoms with E-state index in [2.05, 4.69) is 10.3 Å². The molecule has 0 bridgehead atoms. The number of rotatable bonds is 2. The number of aromatic nitrogens is 3. The van der Waals surface area contributed by atoms with Gasteiger partial charge in [0, 0.05) is 13.1 Å². The summed E-state index contributed by atoms with van der Waals surface area (Å²) in [6.07, 6.45) is 3.55. The first-order valence-corrected chi connectivity index (χ1v) is 6.74. The molecule has 7 heteroatoms. The monoisotopic (exact) mass is 280 g/mol. The van der Waals surface area contributed by atoms with Gasteiger partial charge in [-0.15, -0.1) is 5.10 Å². The summed E-state index contributed by atoms with van der Waals surface area (Å²) in [7, 11) is 0. The van der Waals surface area contributed by atoms with E-state index in [1.54, 1.807) is 9.58 Å². The Morgan fingerprint density at radius 1 is 1.50 bits per heavy atom. The van der Waals surface area contributed by atoms with Gasteiger partial charge in [-0.3, -0.25) is 4.79 Å². The molecule has 2 heterocycles. The number of hydrogen-bond donors (Lipinski definition) is 0. The number of carbonyl (C=O) groups is 2. The first-order chi connectivity index (χ1) is 9.40. The zero-order valence-electron chi connectivity index (χ0n) is 12.1. The Hall–Kier alpha value is -1.92. The Kier molecular flexibility index (Phi) is 4.06. The van der Waals surface area contributed by atoms with Gasteiger partial charge in [-0.2, -0.15) is 0 Å². The van der Waals surface area contributed by atoms with Crippen molar-refractivity contribution in [1.82, 2.24) is 19.9 Å². The SMILES string of the molecule is CC(C)(C)OC(=O)N1CCCC(n2nncc2C=O)C1. The molecule has 110 valence electrons. The van der Waals surface area contributed by atoms with Crippen molar-refractivity contribution in [2.45, 2.75) is 45.3 Å². The Labute approximate surface area is 117 Å². The second-order valence-electron chi connectivity index (χ2n) is 5.94. The van der Waals surface area contributed by atoms with Crippen LogP contribution in [0.25, 0.3) is 0 Å². The summed E-state index contributed by atoms with van der Waals surface area (Å²) in [6, 6.07) is -0.0287. The van der Waals surface area contributed by atoms with E-state index in [1.165, 1.54) is 6.20 Å². The fraction of sp³-hybridized carbons (Fsp3) is 0.692. The summed E-state index contributed by atoms with van der Waals surface area (Å²) in [6.45, 7) is 6.67. The van der Waals surface area contributed by atoms with Crippen LogP contribution in [0.5, 0.6) is 0 Å². The van der Waals surface area contributed by atoms with Gasteiger partial charge in [0.2, 0.25) is 0 Å². The summed E-state index contributed by atoms with van der Waals surface area (Å²) in [5.74, 6) is 0. The van der Waals surface area contributed by atoms with E-state index < -0.39 is 5.60 Å². The quantitative estimate of drug-likeness (QED) is 0.770. The lowest BCUT2D eigenvalue weighted by Gasteiger charge is -2.34. The van der Waals surface area contributed by atoms with Crippen LogP contribution in [0.4, 0.5) is 4.79 Å².